The van der Waals surface area contributed by atoms with Gasteiger partial charge in [-0.15, -0.1) is 0 Å². The molecular formula is C38H38N4. The van der Waals surface area contributed by atoms with E-state index in [0.29, 0.717) is 0 Å². The van der Waals surface area contributed by atoms with Gasteiger partial charge in [-0.2, -0.15) is 0 Å². The summed E-state index contributed by atoms with van der Waals surface area (Å²) in [7, 11) is 0. The maximum atomic E-state index is 2.49. The molecule has 2 aliphatic rings. The monoisotopic (exact) mass is 550 g/mol. The zero-order valence-corrected chi connectivity index (χ0v) is 24.6. The first-order valence-corrected chi connectivity index (χ1v) is 15.4. The molecule has 5 aromatic rings. The number of para-hydroxylation sites is 8. The second-order valence-electron chi connectivity index (χ2n) is 11.2. The van der Waals surface area contributed by atoms with Crippen molar-refractivity contribution in [3.05, 3.63) is 121 Å². The lowest BCUT2D eigenvalue weighted by molar-refractivity contribution is 0.782. The van der Waals surface area contributed by atoms with Crippen LogP contribution in [-0.2, 0) is 0 Å². The molecule has 0 fully saturated rings. The van der Waals surface area contributed by atoms with Crippen LogP contribution in [0.15, 0.2) is 121 Å². The molecule has 0 saturated heterocycles. The van der Waals surface area contributed by atoms with Crippen molar-refractivity contribution in [2.45, 2.75) is 39.5 Å². The number of benzene rings is 5. The fraction of sp³-hybridized carbons (Fsp3) is 0.211. The molecule has 5 aromatic carbocycles. The first-order valence-electron chi connectivity index (χ1n) is 15.4. The van der Waals surface area contributed by atoms with E-state index in [1.807, 2.05) is 0 Å². The Bertz CT molecular complexity index is 1470. The molecule has 0 aliphatic carbocycles. The fourth-order valence-corrected chi connectivity index (χ4v) is 6.47. The minimum absolute atomic E-state index is 1.01. The summed E-state index contributed by atoms with van der Waals surface area (Å²) in [5, 5.41) is 0. The number of fused-ring (bicyclic) bond motifs is 4. The molecule has 0 saturated carbocycles. The van der Waals surface area contributed by atoms with Gasteiger partial charge in [0.25, 0.3) is 0 Å². The van der Waals surface area contributed by atoms with Crippen molar-refractivity contribution in [3.63, 3.8) is 0 Å². The number of hydrogen-bond acceptors (Lipinski definition) is 4. The minimum Gasteiger partial charge on any atom is -0.338 e. The highest BCUT2D eigenvalue weighted by Gasteiger charge is 2.31. The molecule has 0 radical (unpaired) electrons. The van der Waals surface area contributed by atoms with E-state index in [1.165, 1.54) is 58.3 Å². The van der Waals surface area contributed by atoms with E-state index >= 15 is 0 Å². The lowest BCUT2D eigenvalue weighted by Crippen LogP contribution is -2.28. The van der Waals surface area contributed by atoms with Crippen molar-refractivity contribution < 1.29 is 0 Å². The number of unbranched alkanes of at least 4 members (excludes halogenated alkanes) is 2. The zero-order valence-electron chi connectivity index (χ0n) is 24.6. The molecule has 0 spiro atoms. The Morgan fingerprint density at radius 1 is 0.357 bits per heavy atom. The van der Waals surface area contributed by atoms with Crippen molar-refractivity contribution in [1.29, 1.82) is 0 Å². The third kappa shape index (κ3) is 4.39. The van der Waals surface area contributed by atoms with Crippen LogP contribution < -0.4 is 19.6 Å². The first-order chi connectivity index (χ1) is 20.8. The molecule has 0 unspecified atom stereocenters. The maximum absolute atomic E-state index is 2.49. The van der Waals surface area contributed by atoms with E-state index < -0.39 is 0 Å². The first kappa shape index (κ1) is 26.2. The SMILES string of the molecule is CCCCN1c2ccccc2N(c2ccc(N3c4ccccc4N(CCCC)c4ccccc43)cc2)c2ccccc21. The van der Waals surface area contributed by atoms with Crippen LogP contribution in [0.2, 0.25) is 0 Å². The van der Waals surface area contributed by atoms with Crippen LogP contribution >= 0.6 is 0 Å². The van der Waals surface area contributed by atoms with E-state index in [1.54, 1.807) is 0 Å². The lowest BCUT2D eigenvalue weighted by Gasteiger charge is -2.41. The summed E-state index contributed by atoms with van der Waals surface area (Å²) in [6, 6.07) is 44.4. The molecule has 4 nitrogen and oxygen atoms in total. The standard InChI is InChI=1S/C38H38N4/c1-3-5-27-39-31-15-7-11-19-35(31)41(36-20-12-8-16-32(36)39)29-23-25-30(26-24-29)42-37-21-13-9-17-33(37)40(28-6-4-2)34-18-10-14-22-38(34)42/h7-26H,3-6,27-28H2,1-2H3. The second-order valence-corrected chi connectivity index (χ2v) is 11.2. The Hall–Kier alpha value is -4.70. The van der Waals surface area contributed by atoms with E-state index in [9.17, 15) is 0 Å². The molecule has 42 heavy (non-hydrogen) atoms. The van der Waals surface area contributed by atoms with Gasteiger partial charge in [-0.05, 0) is 85.6 Å². The third-order valence-corrected chi connectivity index (χ3v) is 8.49. The van der Waals surface area contributed by atoms with E-state index in [-0.39, 0.29) is 0 Å². The topological polar surface area (TPSA) is 13.0 Å². The van der Waals surface area contributed by atoms with Gasteiger partial charge in [-0.1, -0.05) is 75.2 Å². The van der Waals surface area contributed by atoms with Crippen LogP contribution in [0, 0.1) is 0 Å². The highest BCUT2D eigenvalue weighted by Crippen LogP contribution is 2.53. The Kier molecular flexibility index (Phi) is 7.05. The van der Waals surface area contributed by atoms with Crippen molar-refractivity contribution in [2.75, 3.05) is 32.7 Å². The van der Waals surface area contributed by atoms with Gasteiger partial charge >= 0.3 is 0 Å². The summed E-state index contributed by atoms with van der Waals surface area (Å²) in [5.74, 6) is 0. The lowest BCUT2D eigenvalue weighted by atomic mass is 10.0. The predicted molar refractivity (Wildman–Crippen MR) is 180 cm³/mol. The van der Waals surface area contributed by atoms with Crippen molar-refractivity contribution in [2.24, 2.45) is 0 Å². The van der Waals surface area contributed by atoms with Gasteiger partial charge in [0, 0.05) is 24.5 Å². The third-order valence-electron chi connectivity index (χ3n) is 8.49. The number of rotatable bonds is 8. The highest BCUT2D eigenvalue weighted by molar-refractivity contribution is 6.00. The van der Waals surface area contributed by atoms with Crippen molar-refractivity contribution >= 4 is 56.9 Å². The summed E-state index contributed by atoms with van der Waals surface area (Å²) >= 11 is 0. The summed E-state index contributed by atoms with van der Waals surface area (Å²) in [5.41, 5.74) is 12.3. The Labute approximate surface area is 250 Å². The average molecular weight is 551 g/mol. The molecule has 4 heteroatoms. The molecule has 0 atom stereocenters. The van der Waals surface area contributed by atoms with Crippen LogP contribution in [-0.4, -0.2) is 13.1 Å². The number of anilines is 10. The highest BCUT2D eigenvalue weighted by atomic mass is 15.3. The molecule has 0 bridgehead atoms. The van der Waals surface area contributed by atoms with Gasteiger partial charge < -0.3 is 19.6 Å². The Morgan fingerprint density at radius 2 is 0.619 bits per heavy atom. The van der Waals surface area contributed by atoms with Crippen LogP contribution in [0.4, 0.5) is 56.9 Å². The van der Waals surface area contributed by atoms with Gasteiger partial charge in [0.15, 0.2) is 0 Å². The average Bonchev–Trinajstić information content (AvgIpc) is 3.05. The largest absolute Gasteiger partial charge is 0.338 e. The smallest absolute Gasteiger partial charge is 0.0699 e. The molecule has 210 valence electrons. The number of hydrogen-bond donors (Lipinski definition) is 0. The van der Waals surface area contributed by atoms with Crippen LogP contribution in [0.1, 0.15) is 39.5 Å². The molecule has 7 rings (SSSR count). The normalized spacial score (nSPS) is 13.4. The van der Waals surface area contributed by atoms with Gasteiger partial charge in [0.2, 0.25) is 0 Å². The van der Waals surface area contributed by atoms with E-state index in [2.05, 4.69) is 155 Å². The van der Waals surface area contributed by atoms with E-state index in [4.69, 9.17) is 0 Å². The predicted octanol–water partition coefficient (Wildman–Crippen LogP) is 11.1. The Balaban J connectivity index is 1.31. The van der Waals surface area contributed by atoms with Gasteiger partial charge in [-0.3, -0.25) is 0 Å². The summed E-state index contributed by atoms with van der Waals surface area (Å²) in [6.07, 6.45) is 4.66. The second kappa shape index (κ2) is 11.3. The van der Waals surface area contributed by atoms with Crippen LogP contribution in [0.25, 0.3) is 0 Å². The maximum Gasteiger partial charge on any atom is 0.0699 e. The summed E-state index contributed by atoms with van der Waals surface area (Å²) in [6.45, 7) is 6.55. The molecule has 0 N–H and O–H groups in total. The summed E-state index contributed by atoms with van der Waals surface area (Å²) < 4.78 is 0. The Morgan fingerprint density at radius 3 is 0.881 bits per heavy atom. The van der Waals surface area contributed by atoms with Crippen molar-refractivity contribution in [3.8, 4) is 0 Å². The summed E-state index contributed by atoms with van der Waals surface area (Å²) in [4.78, 5) is 9.82. The van der Waals surface area contributed by atoms with Crippen LogP contribution in [0.3, 0.4) is 0 Å². The zero-order chi connectivity index (χ0) is 28.5. The molecule has 2 aliphatic heterocycles. The molecular weight excluding hydrogens is 512 g/mol. The van der Waals surface area contributed by atoms with Crippen LogP contribution in [0.5, 0.6) is 0 Å². The van der Waals surface area contributed by atoms with Gasteiger partial charge in [-0.25, -0.2) is 0 Å². The molecule has 0 amide bonds. The van der Waals surface area contributed by atoms with E-state index in [0.717, 1.165) is 37.3 Å². The molecule has 0 aromatic heterocycles. The quantitative estimate of drug-likeness (QED) is 0.190. The van der Waals surface area contributed by atoms with Crippen molar-refractivity contribution in [1.82, 2.24) is 0 Å². The number of nitrogens with zero attached hydrogens (tertiary/aromatic N) is 4. The van der Waals surface area contributed by atoms with Gasteiger partial charge in [0.1, 0.15) is 0 Å². The molecule has 2 heterocycles. The van der Waals surface area contributed by atoms with Gasteiger partial charge in [0.05, 0.1) is 45.5 Å². The minimum atomic E-state index is 1.01. The fourth-order valence-electron chi connectivity index (χ4n) is 6.47.